The lowest BCUT2D eigenvalue weighted by Gasteiger charge is -2.10. The van der Waals surface area contributed by atoms with Crippen LogP contribution in [0.2, 0.25) is 0 Å². The van der Waals surface area contributed by atoms with Crippen molar-refractivity contribution < 1.29 is 4.74 Å². The molecule has 0 spiro atoms. The van der Waals surface area contributed by atoms with Crippen LogP contribution in [0.1, 0.15) is 16.7 Å². The summed E-state index contributed by atoms with van der Waals surface area (Å²) in [6.45, 7) is 4.13. The molecular weight excluding hydrogens is 220 g/mol. The van der Waals surface area contributed by atoms with Crippen molar-refractivity contribution in [3.63, 3.8) is 0 Å². The number of rotatable bonds is 3. The van der Waals surface area contributed by atoms with E-state index in [-0.39, 0.29) is 0 Å². The monoisotopic (exact) mass is 236 g/mol. The molecule has 0 atom stereocenters. The Kier molecular flexibility index (Phi) is 3.69. The summed E-state index contributed by atoms with van der Waals surface area (Å²) in [5.74, 6) is 4.34. The van der Waals surface area contributed by atoms with E-state index in [2.05, 4.69) is 25.8 Å². The smallest absolute Gasteiger partial charge is 0.131 e. The second kappa shape index (κ2) is 5.42. The first-order chi connectivity index (χ1) is 8.69. The van der Waals surface area contributed by atoms with Gasteiger partial charge >= 0.3 is 0 Å². The molecule has 1 nitrogen and oxygen atoms in total. The van der Waals surface area contributed by atoms with Gasteiger partial charge in [-0.2, -0.15) is 0 Å². The molecule has 0 saturated carbocycles. The number of para-hydroxylation sites is 1. The highest BCUT2D eigenvalue weighted by Gasteiger charge is 2.04. The molecule has 0 bridgehead atoms. The van der Waals surface area contributed by atoms with E-state index < -0.39 is 0 Å². The van der Waals surface area contributed by atoms with Gasteiger partial charge in [-0.3, -0.25) is 0 Å². The summed E-state index contributed by atoms with van der Waals surface area (Å²) in [5, 5.41) is 0. The van der Waals surface area contributed by atoms with E-state index in [0.717, 1.165) is 17.1 Å². The minimum Gasteiger partial charge on any atom is -0.457 e. The molecule has 0 aliphatic heterocycles. The molecule has 0 aliphatic rings. The lowest BCUT2D eigenvalue weighted by Crippen LogP contribution is -1.91. The maximum absolute atomic E-state index is 5.93. The predicted molar refractivity (Wildman–Crippen MR) is 75.0 cm³/mol. The van der Waals surface area contributed by atoms with Gasteiger partial charge in [0.15, 0.2) is 0 Å². The topological polar surface area (TPSA) is 9.23 Å². The van der Waals surface area contributed by atoms with Gasteiger partial charge in [-0.05, 0) is 43.2 Å². The SMILES string of the molecule is C#CCc1ccccc1Oc1cc(C)cc(C)c1. The molecule has 90 valence electrons. The quantitative estimate of drug-likeness (QED) is 0.723. The molecular formula is C17H16O. The van der Waals surface area contributed by atoms with Gasteiger partial charge in [-0.25, -0.2) is 0 Å². The summed E-state index contributed by atoms with van der Waals surface area (Å²) >= 11 is 0. The van der Waals surface area contributed by atoms with Crippen molar-refractivity contribution in [3.05, 3.63) is 59.2 Å². The van der Waals surface area contributed by atoms with E-state index in [9.17, 15) is 0 Å². The predicted octanol–water partition coefficient (Wildman–Crippen LogP) is 4.27. The van der Waals surface area contributed by atoms with Gasteiger partial charge in [-0.1, -0.05) is 24.3 Å². The maximum atomic E-state index is 5.93. The summed E-state index contributed by atoms with van der Waals surface area (Å²) in [7, 11) is 0. The fourth-order valence-corrected chi connectivity index (χ4v) is 1.98. The Morgan fingerprint density at radius 3 is 2.39 bits per heavy atom. The van der Waals surface area contributed by atoms with Crippen LogP contribution in [0.4, 0.5) is 0 Å². The average molecular weight is 236 g/mol. The fourth-order valence-electron chi connectivity index (χ4n) is 1.98. The van der Waals surface area contributed by atoms with E-state index in [1.807, 2.05) is 36.4 Å². The van der Waals surface area contributed by atoms with E-state index in [1.54, 1.807) is 0 Å². The highest BCUT2D eigenvalue weighted by atomic mass is 16.5. The second-order valence-corrected chi connectivity index (χ2v) is 4.41. The van der Waals surface area contributed by atoms with Crippen LogP contribution in [-0.4, -0.2) is 0 Å². The number of ether oxygens (including phenoxy) is 1. The van der Waals surface area contributed by atoms with Crippen LogP contribution in [0.5, 0.6) is 11.5 Å². The Labute approximate surface area is 108 Å². The lowest BCUT2D eigenvalue weighted by molar-refractivity contribution is 0.477. The molecule has 2 rings (SSSR count). The third-order valence-electron chi connectivity index (χ3n) is 2.69. The van der Waals surface area contributed by atoms with Crippen molar-refractivity contribution in [1.82, 2.24) is 0 Å². The normalized spacial score (nSPS) is 9.83. The molecule has 0 aliphatic carbocycles. The first-order valence-corrected chi connectivity index (χ1v) is 5.96. The molecule has 2 aromatic rings. The Morgan fingerprint density at radius 2 is 1.72 bits per heavy atom. The van der Waals surface area contributed by atoms with Gasteiger partial charge in [0.1, 0.15) is 11.5 Å². The zero-order valence-electron chi connectivity index (χ0n) is 10.7. The van der Waals surface area contributed by atoms with Crippen LogP contribution < -0.4 is 4.74 Å². The number of benzene rings is 2. The minimum atomic E-state index is 0.584. The Morgan fingerprint density at radius 1 is 1.06 bits per heavy atom. The van der Waals surface area contributed by atoms with Gasteiger partial charge in [-0.15, -0.1) is 12.3 Å². The second-order valence-electron chi connectivity index (χ2n) is 4.41. The molecule has 1 heteroatoms. The van der Waals surface area contributed by atoms with Crippen LogP contribution in [0, 0.1) is 26.2 Å². The van der Waals surface area contributed by atoms with Gasteiger partial charge in [0.2, 0.25) is 0 Å². The molecule has 0 heterocycles. The van der Waals surface area contributed by atoms with Crippen molar-refractivity contribution >= 4 is 0 Å². The number of hydrogen-bond acceptors (Lipinski definition) is 1. The highest BCUT2D eigenvalue weighted by molar-refractivity contribution is 5.41. The van der Waals surface area contributed by atoms with Gasteiger partial charge in [0.25, 0.3) is 0 Å². The average Bonchev–Trinajstić information content (AvgIpc) is 2.30. The third-order valence-corrected chi connectivity index (χ3v) is 2.69. The first kappa shape index (κ1) is 12.3. The summed E-state index contributed by atoms with van der Waals surface area (Å²) in [4.78, 5) is 0. The molecule has 0 fully saturated rings. The van der Waals surface area contributed by atoms with Gasteiger partial charge < -0.3 is 4.74 Å². The zero-order chi connectivity index (χ0) is 13.0. The van der Waals surface area contributed by atoms with Crippen molar-refractivity contribution in [1.29, 1.82) is 0 Å². The van der Waals surface area contributed by atoms with Crippen molar-refractivity contribution in [2.45, 2.75) is 20.3 Å². The Balaban J connectivity index is 2.31. The lowest BCUT2D eigenvalue weighted by atomic mass is 10.1. The van der Waals surface area contributed by atoms with Gasteiger partial charge in [0, 0.05) is 12.0 Å². The Hall–Kier alpha value is -2.20. The molecule has 2 aromatic carbocycles. The van der Waals surface area contributed by atoms with Crippen LogP contribution in [0.3, 0.4) is 0 Å². The fraction of sp³-hybridized carbons (Fsp3) is 0.176. The number of hydrogen-bond donors (Lipinski definition) is 0. The molecule has 0 N–H and O–H groups in total. The third kappa shape index (κ3) is 2.93. The minimum absolute atomic E-state index is 0.584. The molecule has 0 saturated heterocycles. The van der Waals surface area contributed by atoms with E-state index in [0.29, 0.717) is 6.42 Å². The van der Waals surface area contributed by atoms with Crippen LogP contribution >= 0.6 is 0 Å². The molecule has 0 radical (unpaired) electrons. The standard InChI is InChI=1S/C17H16O/c1-4-7-15-8-5-6-9-17(15)18-16-11-13(2)10-14(3)12-16/h1,5-6,8-12H,7H2,2-3H3. The maximum Gasteiger partial charge on any atom is 0.131 e. The molecule has 0 unspecified atom stereocenters. The molecule has 0 amide bonds. The largest absolute Gasteiger partial charge is 0.457 e. The van der Waals surface area contributed by atoms with E-state index in [1.165, 1.54) is 11.1 Å². The van der Waals surface area contributed by atoms with Gasteiger partial charge in [0.05, 0.1) is 0 Å². The van der Waals surface area contributed by atoms with Crippen molar-refractivity contribution in [3.8, 4) is 23.8 Å². The van der Waals surface area contributed by atoms with Crippen LogP contribution in [0.15, 0.2) is 42.5 Å². The highest BCUT2D eigenvalue weighted by Crippen LogP contribution is 2.27. The summed E-state index contributed by atoms with van der Waals surface area (Å²) < 4.78 is 5.93. The van der Waals surface area contributed by atoms with Crippen molar-refractivity contribution in [2.75, 3.05) is 0 Å². The van der Waals surface area contributed by atoms with Crippen LogP contribution in [0.25, 0.3) is 0 Å². The summed E-state index contributed by atoms with van der Waals surface area (Å²) in [6.07, 6.45) is 5.95. The van der Waals surface area contributed by atoms with E-state index >= 15 is 0 Å². The van der Waals surface area contributed by atoms with Crippen LogP contribution in [-0.2, 0) is 6.42 Å². The Bertz CT molecular complexity index is 571. The molecule has 0 aromatic heterocycles. The molecule has 18 heavy (non-hydrogen) atoms. The number of terminal acetylenes is 1. The number of aryl methyl sites for hydroxylation is 2. The van der Waals surface area contributed by atoms with Crippen molar-refractivity contribution in [2.24, 2.45) is 0 Å². The summed E-state index contributed by atoms with van der Waals surface area (Å²) in [5.41, 5.74) is 3.43. The first-order valence-electron chi connectivity index (χ1n) is 5.96. The summed E-state index contributed by atoms with van der Waals surface area (Å²) in [6, 6.07) is 14.1. The zero-order valence-corrected chi connectivity index (χ0v) is 10.7. The van der Waals surface area contributed by atoms with E-state index in [4.69, 9.17) is 11.2 Å².